The highest BCUT2D eigenvalue weighted by molar-refractivity contribution is 5.93. The van der Waals surface area contributed by atoms with Crippen LogP contribution in [-0.2, 0) is 17.9 Å². The van der Waals surface area contributed by atoms with Crippen LogP contribution in [0.15, 0.2) is 41.0 Å². The van der Waals surface area contributed by atoms with Crippen molar-refractivity contribution in [3.05, 3.63) is 53.5 Å². The number of rotatable bonds is 7. The summed E-state index contributed by atoms with van der Waals surface area (Å²) in [5, 5.41) is 2.79. The lowest BCUT2D eigenvalue weighted by Gasteiger charge is -2.12. The average molecular weight is 368 g/mol. The monoisotopic (exact) mass is 367 g/mol. The zero-order chi connectivity index (χ0) is 17.5. The molecule has 1 aromatic heterocycles. The Morgan fingerprint density at radius 3 is 2.68 bits per heavy atom. The number of carbonyl (C=O) groups is 2. The number of benzene rings is 1. The third-order valence-electron chi connectivity index (χ3n) is 3.33. The maximum atomic E-state index is 12.0. The number of amides is 2. The minimum atomic E-state index is -0.243. The molecule has 1 heterocycles. The van der Waals surface area contributed by atoms with Crippen molar-refractivity contribution in [3.8, 4) is 5.75 Å². The molecule has 136 valence electrons. The molecule has 2 aromatic rings. The Bertz CT molecular complexity index is 715. The molecule has 0 fully saturated rings. The van der Waals surface area contributed by atoms with Crippen molar-refractivity contribution in [3.63, 3.8) is 0 Å². The van der Waals surface area contributed by atoms with Gasteiger partial charge < -0.3 is 25.1 Å². The number of furan rings is 1. The van der Waals surface area contributed by atoms with Gasteiger partial charge in [0.15, 0.2) is 6.61 Å². The Morgan fingerprint density at radius 2 is 2.04 bits per heavy atom. The molecule has 0 radical (unpaired) electrons. The number of hydrogen-bond acceptors (Lipinski definition) is 5. The second kappa shape index (κ2) is 9.71. The number of nitrogens with two attached hydrogens (primary N) is 1. The predicted molar refractivity (Wildman–Crippen MR) is 95.6 cm³/mol. The summed E-state index contributed by atoms with van der Waals surface area (Å²) >= 11 is 0. The van der Waals surface area contributed by atoms with Crippen LogP contribution in [0.3, 0.4) is 0 Å². The molecule has 25 heavy (non-hydrogen) atoms. The number of carbonyl (C=O) groups excluding carboxylic acids is 2. The molecule has 0 atom stereocenters. The molecule has 0 saturated heterocycles. The summed E-state index contributed by atoms with van der Waals surface area (Å²) in [7, 11) is 3.34. The molecule has 2 rings (SSSR count). The van der Waals surface area contributed by atoms with Crippen LogP contribution in [-0.4, -0.2) is 37.4 Å². The van der Waals surface area contributed by atoms with Gasteiger partial charge in [-0.05, 0) is 23.8 Å². The van der Waals surface area contributed by atoms with E-state index in [0.717, 1.165) is 5.56 Å². The van der Waals surface area contributed by atoms with Gasteiger partial charge in [-0.2, -0.15) is 0 Å². The van der Waals surface area contributed by atoms with Gasteiger partial charge in [-0.1, -0.05) is 12.1 Å². The second-order valence-electron chi connectivity index (χ2n) is 5.41. The van der Waals surface area contributed by atoms with E-state index in [9.17, 15) is 9.59 Å². The minimum absolute atomic E-state index is 0. The Balaban J connectivity index is 0.00000312. The molecule has 0 aliphatic carbocycles. The van der Waals surface area contributed by atoms with Crippen molar-refractivity contribution in [1.29, 1.82) is 0 Å². The SMILES string of the molecule is CN(C)C(=O)COc1cccc(CNC(=O)c2coc(CN)c2)c1.Cl. The zero-order valence-electron chi connectivity index (χ0n) is 14.2. The number of nitrogens with zero attached hydrogens (tertiary/aromatic N) is 1. The Hall–Kier alpha value is -2.51. The highest BCUT2D eigenvalue weighted by Gasteiger charge is 2.10. The fraction of sp³-hybridized carbons (Fsp3) is 0.294. The molecule has 0 bridgehead atoms. The summed E-state index contributed by atoms with van der Waals surface area (Å²) < 4.78 is 10.6. The van der Waals surface area contributed by atoms with E-state index in [4.69, 9.17) is 14.9 Å². The van der Waals surface area contributed by atoms with Crippen molar-refractivity contribution in [1.82, 2.24) is 10.2 Å². The third-order valence-corrected chi connectivity index (χ3v) is 3.33. The van der Waals surface area contributed by atoms with Crippen LogP contribution in [0.25, 0.3) is 0 Å². The van der Waals surface area contributed by atoms with Gasteiger partial charge >= 0.3 is 0 Å². The number of hydrogen-bond donors (Lipinski definition) is 2. The van der Waals surface area contributed by atoms with E-state index in [2.05, 4.69) is 5.32 Å². The second-order valence-corrected chi connectivity index (χ2v) is 5.41. The minimum Gasteiger partial charge on any atom is -0.484 e. The smallest absolute Gasteiger partial charge is 0.259 e. The summed E-state index contributed by atoms with van der Waals surface area (Å²) in [6.07, 6.45) is 1.38. The normalized spacial score (nSPS) is 9.88. The molecule has 0 aliphatic rings. The first kappa shape index (κ1) is 20.5. The van der Waals surface area contributed by atoms with Crippen molar-refractivity contribution in [2.24, 2.45) is 5.73 Å². The lowest BCUT2D eigenvalue weighted by atomic mass is 10.2. The summed E-state index contributed by atoms with van der Waals surface area (Å²) in [5.41, 5.74) is 6.74. The maximum absolute atomic E-state index is 12.0. The molecular formula is C17H22ClN3O4. The molecule has 2 amide bonds. The van der Waals surface area contributed by atoms with Gasteiger partial charge in [-0.15, -0.1) is 12.4 Å². The van der Waals surface area contributed by atoms with Gasteiger partial charge in [0.05, 0.1) is 12.1 Å². The Kier molecular flexibility index (Phi) is 7.97. The molecule has 0 unspecified atom stereocenters. The van der Waals surface area contributed by atoms with E-state index in [-0.39, 0.29) is 37.4 Å². The number of nitrogens with one attached hydrogen (secondary N) is 1. The summed E-state index contributed by atoms with van der Waals surface area (Å²) in [5.74, 6) is 0.767. The number of likely N-dealkylation sites (N-methyl/N-ethyl adjacent to an activating group) is 1. The third kappa shape index (κ3) is 6.13. The van der Waals surface area contributed by atoms with Crippen molar-refractivity contribution in [2.75, 3.05) is 20.7 Å². The number of halogens is 1. The first-order valence-corrected chi connectivity index (χ1v) is 7.47. The van der Waals surface area contributed by atoms with Gasteiger partial charge in [0.2, 0.25) is 0 Å². The van der Waals surface area contributed by atoms with Crippen LogP contribution in [0.1, 0.15) is 21.7 Å². The van der Waals surface area contributed by atoms with Crippen LogP contribution in [0.2, 0.25) is 0 Å². The van der Waals surface area contributed by atoms with Crippen molar-refractivity contribution < 1.29 is 18.7 Å². The van der Waals surface area contributed by atoms with Crippen LogP contribution in [0.4, 0.5) is 0 Å². The van der Waals surface area contributed by atoms with Crippen LogP contribution in [0, 0.1) is 0 Å². The van der Waals surface area contributed by atoms with Crippen LogP contribution < -0.4 is 15.8 Å². The van der Waals surface area contributed by atoms with Gasteiger partial charge in [-0.3, -0.25) is 9.59 Å². The molecule has 3 N–H and O–H groups in total. The predicted octanol–water partition coefficient (Wildman–Crippen LogP) is 1.56. The maximum Gasteiger partial charge on any atom is 0.259 e. The van der Waals surface area contributed by atoms with Crippen LogP contribution in [0.5, 0.6) is 5.75 Å². The van der Waals surface area contributed by atoms with E-state index >= 15 is 0 Å². The van der Waals surface area contributed by atoms with Crippen molar-refractivity contribution in [2.45, 2.75) is 13.1 Å². The molecule has 7 nitrogen and oxygen atoms in total. The van der Waals surface area contributed by atoms with Crippen molar-refractivity contribution >= 4 is 24.2 Å². The van der Waals surface area contributed by atoms with Gasteiger partial charge in [0.1, 0.15) is 17.8 Å². The van der Waals surface area contributed by atoms with Crippen LogP contribution >= 0.6 is 12.4 Å². The highest BCUT2D eigenvalue weighted by Crippen LogP contribution is 2.14. The average Bonchev–Trinajstić information content (AvgIpc) is 3.07. The molecule has 0 saturated carbocycles. The standard InChI is InChI=1S/C17H21N3O4.ClH/c1-20(2)16(21)11-24-14-5-3-4-12(6-14)9-19-17(22)13-7-15(8-18)23-10-13;/h3-7,10H,8-9,11,18H2,1-2H3,(H,19,22);1H. The van der Waals surface area contributed by atoms with E-state index in [1.165, 1.54) is 11.2 Å². The molecule has 8 heteroatoms. The molecule has 0 aliphatic heterocycles. The summed E-state index contributed by atoms with van der Waals surface area (Å²) in [4.78, 5) is 25.0. The van der Waals surface area contributed by atoms with Gasteiger partial charge in [0.25, 0.3) is 11.8 Å². The van der Waals surface area contributed by atoms with Gasteiger partial charge in [-0.25, -0.2) is 0 Å². The largest absolute Gasteiger partial charge is 0.484 e. The fourth-order valence-electron chi connectivity index (χ4n) is 1.91. The Morgan fingerprint density at radius 1 is 1.28 bits per heavy atom. The Labute approximate surface area is 152 Å². The first-order valence-electron chi connectivity index (χ1n) is 7.47. The first-order chi connectivity index (χ1) is 11.5. The lowest BCUT2D eigenvalue weighted by Crippen LogP contribution is -2.27. The van der Waals surface area contributed by atoms with Gasteiger partial charge in [0, 0.05) is 20.6 Å². The summed E-state index contributed by atoms with van der Waals surface area (Å²) in [6.45, 7) is 0.554. The summed E-state index contributed by atoms with van der Waals surface area (Å²) in [6, 6.07) is 8.83. The quantitative estimate of drug-likeness (QED) is 0.773. The molecule has 1 aromatic carbocycles. The van der Waals surface area contributed by atoms with E-state index in [1.807, 2.05) is 6.07 Å². The zero-order valence-corrected chi connectivity index (χ0v) is 15.0. The van der Waals surface area contributed by atoms with E-state index < -0.39 is 0 Å². The number of ether oxygens (including phenoxy) is 1. The van der Waals surface area contributed by atoms with E-state index in [1.54, 1.807) is 38.4 Å². The molecule has 0 spiro atoms. The lowest BCUT2D eigenvalue weighted by molar-refractivity contribution is -0.130. The topological polar surface area (TPSA) is 97.8 Å². The van der Waals surface area contributed by atoms with E-state index in [0.29, 0.717) is 23.6 Å². The molecular weight excluding hydrogens is 346 g/mol. The highest BCUT2D eigenvalue weighted by atomic mass is 35.5. The fourth-order valence-corrected chi connectivity index (χ4v) is 1.91.